The van der Waals surface area contributed by atoms with Crippen molar-refractivity contribution in [3.63, 3.8) is 0 Å². The van der Waals surface area contributed by atoms with E-state index in [1.807, 2.05) is 11.4 Å². The number of thioether (sulfide) groups is 1. The van der Waals surface area contributed by atoms with Crippen LogP contribution in [-0.2, 0) is 12.8 Å². The largest absolute Gasteiger partial charge is 0.292 e. The van der Waals surface area contributed by atoms with Crippen molar-refractivity contribution in [2.75, 3.05) is 5.75 Å². The van der Waals surface area contributed by atoms with Crippen molar-refractivity contribution in [2.45, 2.75) is 24.2 Å². The molecule has 0 fully saturated rings. The van der Waals surface area contributed by atoms with Crippen molar-refractivity contribution in [1.29, 1.82) is 0 Å². The summed E-state index contributed by atoms with van der Waals surface area (Å²) in [5.41, 5.74) is 2.95. The fraction of sp³-hybridized carbons (Fsp3) is 0.267. The molecule has 0 N–H and O–H groups in total. The smallest absolute Gasteiger partial charge is 0.184 e. The molecule has 0 unspecified atom stereocenters. The molecule has 1 nitrogen and oxygen atoms in total. The third-order valence-corrected chi connectivity index (χ3v) is 6.18. The number of aryl methyl sites for hydroxylation is 2. The number of thiophene rings is 1. The number of carbonyl (C=O) groups excluding carboxylic acids is 1. The zero-order valence-electron chi connectivity index (χ0n) is 10.3. The summed E-state index contributed by atoms with van der Waals surface area (Å²) in [5, 5.41) is 1.94. The van der Waals surface area contributed by atoms with Gasteiger partial charge in [-0.25, -0.2) is 0 Å². The predicted molar refractivity (Wildman–Crippen MR) is 85.5 cm³/mol. The molecule has 3 rings (SSSR count). The van der Waals surface area contributed by atoms with E-state index >= 15 is 0 Å². The van der Waals surface area contributed by atoms with Crippen molar-refractivity contribution in [3.05, 3.63) is 50.1 Å². The van der Waals surface area contributed by atoms with E-state index in [0.29, 0.717) is 5.75 Å². The number of fused-ring (bicyclic) bond motifs is 1. The van der Waals surface area contributed by atoms with Crippen LogP contribution in [0, 0.1) is 0 Å². The molecule has 2 aromatic rings. The Kier molecular flexibility index (Phi) is 4.10. The lowest BCUT2D eigenvalue weighted by molar-refractivity contribution is 0.102. The van der Waals surface area contributed by atoms with Crippen LogP contribution < -0.4 is 0 Å². The summed E-state index contributed by atoms with van der Waals surface area (Å²) < 4.78 is 0.914. The van der Waals surface area contributed by atoms with Crippen LogP contribution in [-0.4, -0.2) is 11.5 Å². The Morgan fingerprint density at radius 3 is 2.89 bits per heavy atom. The quantitative estimate of drug-likeness (QED) is 0.570. The van der Waals surface area contributed by atoms with E-state index < -0.39 is 0 Å². The van der Waals surface area contributed by atoms with Gasteiger partial charge in [0.05, 0.1) is 10.6 Å². The van der Waals surface area contributed by atoms with Gasteiger partial charge in [0.25, 0.3) is 0 Å². The highest BCUT2D eigenvalue weighted by Gasteiger charge is 2.14. The van der Waals surface area contributed by atoms with Crippen LogP contribution in [0.1, 0.15) is 27.2 Å². The van der Waals surface area contributed by atoms with Gasteiger partial charge in [-0.15, -0.1) is 23.1 Å². The van der Waals surface area contributed by atoms with E-state index in [2.05, 4.69) is 34.1 Å². The average Bonchev–Trinajstić information content (AvgIpc) is 3.03. The van der Waals surface area contributed by atoms with Crippen LogP contribution in [0.2, 0.25) is 0 Å². The maximum Gasteiger partial charge on any atom is 0.184 e. The van der Waals surface area contributed by atoms with E-state index in [1.54, 1.807) is 11.8 Å². The number of ketones is 1. The molecular formula is C15H13BrOS2. The molecule has 0 amide bonds. The normalized spacial score (nSPS) is 13.5. The van der Waals surface area contributed by atoms with E-state index in [9.17, 15) is 4.79 Å². The van der Waals surface area contributed by atoms with Crippen LogP contribution in [0.15, 0.2) is 39.0 Å². The fourth-order valence-corrected chi connectivity index (χ4v) is 4.80. The summed E-state index contributed by atoms with van der Waals surface area (Å²) in [6.45, 7) is 0. The van der Waals surface area contributed by atoms with Crippen LogP contribution in [0.25, 0.3) is 0 Å². The number of Topliss-reactive ketones (excluding diaryl/α,β-unsaturated/α-hetero) is 1. The molecule has 0 saturated carbocycles. The van der Waals surface area contributed by atoms with Crippen molar-refractivity contribution in [1.82, 2.24) is 0 Å². The first-order valence-electron chi connectivity index (χ1n) is 6.25. The maximum atomic E-state index is 12.1. The highest BCUT2D eigenvalue weighted by molar-refractivity contribution is 9.10. The molecule has 0 bridgehead atoms. The number of rotatable bonds is 4. The SMILES string of the molecule is O=C(CSc1ccc2c(c1)CCC2)c1sccc1Br. The minimum atomic E-state index is 0.201. The minimum Gasteiger partial charge on any atom is -0.292 e. The molecule has 0 aliphatic heterocycles. The topological polar surface area (TPSA) is 17.1 Å². The number of hydrogen-bond donors (Lipinski definition) is 0. The number of benzene rings is 1. The third-order valence-electron chi connectivity index (χ3n) is 3.31. The minimum absolute atomic E-state index is 0.201. The Bertz CT molecular complexity index is 618. The molecule has 1 aromatic carbocycles. The second kappa shape index (κ2) is 5.81. The van der Waals surface area contributed by atoms with Crippen LogP contribution >= 0.6 is 39.0 Å². The summed E-state index contributed by atoms with van der Waals surface area (Å²) in [6.07, 6.45) is 3.67. The van der Waals surface area contributed by atoms with Crippen molar-refractivity contribution in [2.24, 2.45) is 0 Å². The van der Waals surface area contributed by atoms with Crippen LogP contribution in [0.3, 0.4) is 0 Å². The lowest BCUT2D eigenvalue weighted by atomic mass is 10.1. The fourth-order valence-electron chi connectivity index (χ4n) is 2.35. The first kappa shape index (κ1) is 13.4. The second-order valence-electron chi connectivity index (χ2n) is 4.59. The van der Waals surface area contributed by atoms with Gasteiger partial charge in [0.2, 0.25) is 0 Å². The number of hydrogen-bond acceptors (Lipinski definition) is 3. The van der Waals surface area contributed by atoms with Gasteiger partial charge < -0.3 is 0 Å². The second-order valence-corrected chi connectivity index (χ2v) is 7.41. The standard InChI is InChI=1S/C15H13BrOS2/c16-13-6-7-18-15(13)14(17)9-19-12-5-4-10-2-1-3-11(10)8-12/h4-8H,1-3,9H2. The zero-order chi connectivity index (χ0) is 13.2. The maximum absolute atomic E-state index is 12.1. The Balaban J connectivity index is 1.66. The lowest BCUT2D eigenvalue weighted by Gasteiger charge is -2.04. The van der Waals surface area contributed by atoms with Gasteiger partial charge in [-0.3, -0.25) is 4.79 Å². The molecular weight excluding hydrogens is 340 g/mol. The van der Waals surface area contributed by atoms with E-state index in [0.717, 1.165) is 9.35 Å². The summed E-state index contributed by atoms with van der Waals surface area (Å²) in [6, 6.07) is 8.55. The van der Waals surface area contributed by atoms with Gasteiger partial charge in [0.1, 0.15) is 0 Å². The lowest BCUT2D eigenvalue weighted by Crippen LogP contribution is -2.00. The molecule has 1 aliphatic carbocycles. The molecule has 1 aromatic heterocycles. The summed E-state index contributed by atoms with van der Waals surface area (Å²) in [5.74, 6) is 0.713. The van der Waals surface area contributed by atoms with Crippen LogP contribution in [0.4, 0.5) is 0 Å². The van der Waals surface area contributed by atoms with Crippen molar-refractivity contribution < 1.29 is 4.79 Å². The number of carbonyl (C=O) groups is 1. The monoisotopic (exact) mass is 352 g/mol. The third kappa shape index (κ3) is 2.96. The van der Waals surface area contributed by atoms with Gasteiger partial charge >= 0.3 is 0 Å². The van der Waals surface area contributed by atoms with Gasteiger partial charge in [-0.1, -0.05) is 6.07 Å². The van der Waals surface area contributed by atoms with E-state index in [-0.39, 0.29) is 5.78 Å². The molecule has 4 heteroatoms. The van der Waals surface area contributed by atoms with Gasteiger partial charge in [-0.05, 0) is 69.9 Å². The Labute approximate surface area is 129 Å². The Hall–Kier alpha value is -0.580. The van der Waals surface area contributed by atoms with E-state index in [4.69, 9.17) is 0 Å². The highest BCUT2D eigenvalue weighted by atomic mass is 79.9. The van der Waals surface area contributed by atoms with Crippen molar-refractivity contribution in [3.8, 4) is 0 Å². The molecule has 98 valence electrons. The molecule has 1 aliphatic rings. The first-order valence-corrected chi connectivity index (χ1v) is 8.90. The first-order chi connectivity index (χ1) is 9.24. The summed E-state index contributed by atoms with van der Waals surface area (Å²) in [7, 11) is 0. The molecule has 0 radical (unpaired) electrons. The zero-order valence-corrected chi connectivity index (χ0v) is 13.5. The molecule has 0 atom stereocenters. The van der Waals surface area contributed by atoms with Crippen molar-refractivity contribution >= 4 is 44.8 Å². The summed E-state index contributed by atoms with van der Waals surface area (Å²) in [4.78, 5) is 14.1. The molecule has 1 heterocycles. The van der Waals surface area contributed by atoms with Gasteiger partial charge in [0.15, 0.2) is 5.78 Å². The van der Waals surface area contributed by atoms with Gasteiger partial charge in [0, 0.05) is 9.37 Å². The average molecular weight is 353 g/mol. The Morgan fingerprint density at radius 2 is 2.11 bits per heavy atom. The summed E-state index contributed by atoms with van der Waals surface area (Å²) >= 11 is 6.55. The molecule has 0 saturated heterocycles. The Morgan fingerprint density at radius 1 is 1.26 bits per heavy atom. The van der Waals surface area contributed by atoms with Crippen LogP contribution in [0.5, 0.6) is 0 Å². The predicted octanol–water partition coefficient (Wildman–Crippen LogP) is 4.97. The van der Waals surface area contributed by atoms with Gasteiger partial charge in [-0.2, -0.15) is 0 Å². The van der Waals surface area contributed by atoms with E-state index in [1.165, 1.54) is 46.6 Å². The number of halogens is 1. The highest BCUT2D eigenvalue weighted by Crippen LogP contribution is 2.29. The molecule has 0 spiro atoms. The molecule has 19 heavy (non-hydrogen) atoms.